The van der Waals surface area contributed by atoms with E-state index in [1.807, 2.05) is 12.6 Å². The molecule has 0 bridgehead atoms. The number of nitrogens with zero attached hydrogens (tertiary/aromatic N) is 1. The lowest BCUT2D eigenvalue weighted by Gasteiger charge is -2.19. The van der Waals surface area contributed by atoms with Crippen molar-refractivity contribution in [3.8, 4) is 0 Å². The smallest absolute Gasteiger partial charge is 0.0896 e. The van der Waals surface area contributed by atoms with Crippen LogP contribution in [0.1, 0.15) is 13.3 Å². The summed E-state index contributed by atoms with van der Waals surface area (Å²) in [6.07, 6.45) is 0.855. The Bertz CT molecular complexity index is 145. The molecule has 1 atom stereocenters. The van der Waals surface area contributed by atoms with Crippen LogP contribution in [-0.2, 0) is 0 Å². The van der Waals surface area contributed by atoms with E-state index in [0.717, 1.165) is 12.5 Å². The number of hydrogen-bond acceptors (Lipinski definition) is 2. The minimum atomic E-state index is -1.31. The largest absolute Gasteiger partial charge is 0.151 e. The first-order valence-electron chi connectivity index (χ1n) is 4.01. The molecule has 1 unspecified atom stereocenters. The molecule has 11 heavy (non-hydrogen) atoms. The van der Waals surface area contributed by atoms with Gasteiger partial charge in [-0.1, -0.05) is 25.2 Å². The van der Waals surface area contributed by atoms with E-state index in [0.29, 0.717) is 0 Å². The van der Waals surface area contributed by atoms with Gasteiger partial charge >= 0.3 is 0 Å². The van der Waals surface area contributed by atoms with Crippen LogP contribution in [0.4, 0.5) is 0 Å². The third kappa shape index (κ3) is 4.09. The molecule has 0 rings (SSSR count). The van der Waals surface area contributed by atoms with Crippen molar-refractivity contribution >= 4 is 8.07 Å². The van der Waals surface area contributed by atoms with Crippen LogP contribution in [0.25, 0.3) is 0 Å². The van der Waals surface area contributed by atoms with Gasteiger partial charge in [-0.25, -0.2) is 0 Å². The molecule has 0 saturated carbocycles. The van der Waals surface area contributed by atoms with Crippen molar-refractivity contribution in [2.24, 2.45) is 5.18 Å². The van der Waals surface area contributed by atoms with Gasteiger partial charge in [0.25, 0.3) is 0 Å². The maximum atomic E-state index is 10.3. The lowest BCUT2D eigenvalue weighted by Crippen LogP contribution is -2.27. The molecule has 0 fully saturated rings. The Morgan fingerprint density at radius 2 is 2.18 bits per heavy atom. The maximum absolute atomic E-state index is 10.3. The Morgan fingerprint density at radius 3 is 2.45 bits per heavy atom. The molecule has 0 aromatic heterocycles. The fourth-order valence-corrected chi connectivity index (χ4v) is 2.69. The topological polar surface area (TPSA) is 29.4 Å². The van der Waals surface area contributed by atoms with E-state index in [2.05, 4.69) is 24.8 Å². The fraction of sp³-hybridized carbons (Fsp3) is 0.750. The van der Waals surface area contributed by atoms with Crippen LogP contribution in [0.3, 0.4) is 0 Å². The molecule has 0 aliphatic carbocycles. The van der Waals surface area contributed by atoms with E-state index in [4.69, 9.17) is 0 Å². The third-order valence-corrected chi connectivity index (χ3v) is 4.56. The highest BCUT2D eigenvalue weighted by molar-refractivity contribution is 6.82. The predicted octanol–water partition coefficient (Wildman–Crippen LogP) is 2.97. The Morgan fingerprint density at radius 1 is 1.64 bits per heavy atom. The summed E-state index contributed by atoms with van der Waals surface area (Å²) in [5.41, 5.74) is 2.01. The summed E-state index contributed by atoms with van der Waals surface area (Å²) in [5.74, 6) is 0. The van der Waals surface area contributed by atoms with Crippen molar-refractivity contribution in [1.82, 2.24) is 0 Å². The predicted molar refractivity (Wildman–Crippen MR) is 52.4 cm³/mol. The second-order valence-electron chi connectivity index (χ2n) is 3.56. The van der Waals surface area contributed by atoms with E-state index in [1.54, 1.807) is 0 Å². The van der Waals surface area contributed by atoms with Crippen molar-refractivity contribution in [3.05, 3.63) is 17.2 Å². The van der Waals surface area contributed by atoms with Crippen LogP contribution >= 0.6 is 0 Å². The summed E-state index contributed by atoms with van der Waals surface area (Å²) >= 11 is 0. The van der Waals surface area contributed by atoms with Gasteiger partial charge in [-0.05, 0) is 12.5 Å². The summed E-state index contributed by atoms with van der Waals surface area (Å²) in [5, 5.41) is 3.08. The number of nitroso groups, excluding NO2 is 1. The zero-order valence-electron chi connectivity index (χ0n) is 7.63. The lowest BCUT2D eigenvalue weighted by atomic mass is 10.3. The Kier molecular flexibility index (Phi) is 4.26. The van der Waals surface area contributed by atoms with E-state index in [9.17, 15) is 4.91 Å². The lowest BCUT2D eigenvalue weighted by molar-refractivity contribution is 0.701. The zero-order valence-corrected chi connectivity index (χ0v) is 8.63. The quantitative estimate of drug-likeness (QED) is 0.462. The molecule has 2 nitrogen and oxygen atoms in total. The van der Waals surface area contributed by atoms with Gasteiger partial charge in [-0.15, -0.1) is 12.3 Å². The summed E-state index contributed by atoms with van der Waals surface area (Å²) in [6.45, 7) is 10.2. The summed E-state index contributed by atoms with van der Waals surface area (Å²) in [7, 11) is -1.31. The number of hydrogen-bond donors (Lipinski definition) is 0. The molecule has 0 heterocycles. The minimum absolute atomic E-state index is 0.00895. The van der Waals surface area contributed by atoms with E-state index >= 15 is 0 Å². The molecule has 0 saturated heterocycles. The second-order valence-corrected chi connectivity index (χ2v) is 8.36. The van der Waals surface area contributed by atoms with Crippen molar-refractivity contribution in [3.63, 3.8) is 0 Å². The van der Waals surface area contributed by atoms with Gasteiger partial charge < -0.3 is 0 Å². The molecule has 0 aliphatic rings. The van der Waals surface area contributed by atoms with Crippen LogP contribution < -0.4 is 0 Å². The summed E-state index contributed by atoms with van der Waals surface area (Å²) in [6, 6.07) is 0.950. The fourth-order valence-electron chi connectivity index (χ4n) is 0.947. The van der Waals surface area contributed by atoms with Crippen LogP contribution in [0.15, 0.2) is 17.5 Å². The SMILES string of the molecule is C=C[Si](C)(C)CC(CC)N=O. The molecule has 64 valence electrons. The Balaban J connectivity index is 3.98. The second kappa shape index (κ2) is 4.44. The molecule has 0 aliphatic heterocycles. The molecule has 3 heteroatoms. The van der Waals surface area contributed by atoms with Crippen LogP contribution in [0.5, 0.6) is 0 Å². The van der Waals surface area contributed by atoms with Gasteiger partial charge in [0.1, 0.15) is 0 Å². The molecular formula is C8H17NOSi. The Labute approximate surface area is 69.7 Å². The van der Waals surface area contributed by atoms with E-state index < -0.39 is 8.07 Å². The van der Waals surface area contributed by atoms with Gasteiger partial charge in [0.15, 0.2) is 0 Å². The first kappa shape index (κ1) is 10.6. The van der Waals surface area contributed by atoms with Gasteiger partial charge in [-0.2, -0.15) is 4.91 Å². The number of rotatable bonds is 5. The molecule has 0 aromatic rings. The van der Waals surface area contributed by atoms with Gasteiger partial charge in [-0.3, -0.25) is 0 Å². The van der Waals surface area contributed by atoms with Crippen molar-refractivity contribution in [1.29, 1.82) is 0 Å². The molecule has 0 radical (unpaired) electrons. The van der Waals surface area contributed by atoms with Gasteiger partial charge in [0.05, 0.1) is 14.1 Å². The average molecular weight is 171 g/mol. The normalized spacial score (nSPS) is 14.1. The van der Waals surface area contributed by atoms with Crippen molar-refractivity contribution < 1.29 is 0 Å². The minimum Gasteiger partial charge on any atom is -0.151 e. The summed E-state index contributed by atoms with van der Waals surface area (Å²) < 4.78 is 0. The molecular weight excluding hydrogens is 154 g/mol. The third-order valence-electron chi connectivity index (χ3n) is 1.93. The van der Waals surface area contributed by atoms with E-state index in [1.165, 1.54) is 0 Å². The standard InChI is InChI=1S/C8H17NOSi/c1-5-8(9-10)7-11(3,4)6-2/h6,8H,2,5,7H2,1,3-4H3. The molecule has 0 spiro atoms. The van der Waals surface area contributed by atoms with Crippen LogP contribution in [0.2, 0.25) is 19.1 Å². The maximum Gasteiger partial charge on any atom is 0.0896 e. The first-order chi connectivity index (χ1) is 5.05. The van der Waals surface area contributed by atoms with Crippen molar-refractivity contribution in [2.45, 2.75) is 38.5 Å². The highest BCUT2D eigenvalue weighted by atomic mass is 28.3. The molecule has 0 N–H and O–H groups in total. The molecule has 0 aromatic carbocycles. The van der Waals surface area contributed by atoms with Gasteiger partial charge in [0, 0.05) is 0 Å². The van der Waals surface area contributed by atoms with Crippen LogP contribution in [-0.4, -0.2) is 14.1 Å². The molecule has 0 amide bonds. The first-order valence-corrected chi connectivity index (χ1v) is 7.30. The highest BCUT2D eigenvalue weighted by Gasteiger charge is 2.21. The average Bonchev–Trinajstić information content (AvgIpc) is 2.00. The van der Waals surface area contributed by atoms with Gasteiger partial charge in [0.2, 0.25) is 0 Å². The van der Waals surface area contributed by atoms with Crippen LogP contribution in [0, 0.1) is 4.91 Å². The van der Waals surface area contributed by atoms with Crippen molar-refractivity contribution in [2.75, 3.05) is 0 Å². The monoisotopic (exact) mass is 171 g/mol. The van der Waals surface area contributed by atoms with E-state index in [-0.39, 0.29) is 6.04 Å². The summed E-state index contributed by atoms with van der Waals surface area (Å²) in [4.78, 5) is 10.3. The zero-order chi connectivity index (χ0) is 8.91. The Hall–Kier alpha value is -0.443. The highest BCUT2D eigenvalue weighted by Crippen LogP contribution is 2.17.